The molecule has 0 aromatic rings. The molecular weight excluding hydrogens is 420 g/mol. The van der Waals surface area contributed by atoms with Crippen molar-refractivity contribution in [2.75, 3.05) is 0 Å². The summed E-state index contributed by atoms with van der Waals surface area (Å²) in [4.78, 5) is 0. The van der Waals surface area contributed by atoms with E-state index in [1.54, 1.807) is 0 Å². The monoisotopic (exact) mass is 426 g/mol. The van der Waals surface area contributed by atoms with Gasteiger partial charge >= 0.3 is 53.0 Å². The van der Waals surface area contributed by atoms with Crippen LogP contribution in [0.1, 0.15) is 0 Å². The van der Waals surface area contributed by atoms with Gasteiger partial charge in [-0.05, 0) is 0 Å². The van der Waals surface area contributed by atoms with Crippen molar-refractivity contribution >= 4 is 26.2 Å². The van der Waals surface area contributed by atoms with E-state index in [1.807, 2.05) is 0 Å². The van der Waals surface area contributed by atoms with E-state index in [1.165, 1.54) is 0 Å². The van der Waals surface area contributed by atoms with E-state index >= 15 is 0 Å². The summed E-state index contributed by atoms with van der Waals surface area (Å²) in [5, 5.41) is 0. The van der Waals surface area contributed by atoms with Gasteiger partial charge in [-0.15, -0.1) is 0 Å². The molecule has 0 aliphatic rings. The van der Waals surface area contributed by atoms with Crippen LogP contribution in [0.25, 0.3) is 0 Å². The number of hydrogen-bond donors (Lipinski definition) is 1. The maximum absolute atomic E-state index is 8.67. The standard InChI is InChI=1S/Bi.Cd.H2O.2O.V.3H/h;;1H2;;;;;;/q;;;;;+1;;;/p-1. The third-order valence-corrected chi connectivity index (χ3v) is 0. The zero-order valence-corrected chi connectivity index (χ0v) is 14.1. The van der Waals surface area contributed by atoms with E-state index in [4.69, 9.17) is 11.4 Å². The molecule has 0 fully saturated rings. The molecule has 0 heterocycles. The molecule has 0 aromatic carbocycles. The molecule has 0 bridgehead atoms. The van der Waals surface area contributed by atoms with Crippen LogP contribution in [0.2, 0.25) is 0 Å². The fourth-order valence-electron chi connectivity index (χ4n) is 0. The van der Waals surface area contributed by atoms with Crippen LogP contribution in [0.3, 0.4) is 0 Å². The van der Waals surface area contributed by atoms with Gasteiger partial charge in [-0.25, -0.2) is 0 Å². The molecule has 1 N–H and O–H groups in total. The van der Waals surface area contributed by atoms with Crippen LogP contribution < -0.4 is 0 Å². The molecule has 0 saturated heterocycles. The first kappa shape index (κ1) is 15.7. The maximum atomic E-state index is 8.67. The molecular formula is H4BiCdO3V. The van der Waals surface area contributed by atoms with Crippen LogP contribution in [-0.4, -0.2) is 30.2 Å². The summed E-state index contributed by atoms with van der Waals surface area (Å²) in [6, 6.07) is 0. The van der Waals surface area contributed by atoms with Gasteiger partial charge in [-0.3, -0.25) is 0 Å². The fraction of sp³-hybridized carbons (Fsp3) is 0. The first-order chi connectivity index (χ1) is 1.73. The van der Waals surface area contributed by atoms with Gasteiger partial charge in [0.05, 0.1) is 0 Å². The summed E-state index contributed by atoms with van der Waals surface area (Å²) in [6.45, 7) is 0. The van der Waals surface area contributed by atoms with Crippen molar-refractivity contribution in [1.29, 1.82) is 0 Å². The molecule has 0 saturated carbocycles. The van der Waals surface area contributed by atoms with Gasteiger partial charge in [0.15, 0.2) is 0 Å². The number of rotatable bonds is 0. The third kappa shape index (κ3) is 38.3. The Labute approximate surface area is 79.1 Å². The Morgan fingerprint density at radius 3 is 1.33 bits per heavy atom. The van der Waals surface area contributed by atoms with Crippen molar-refractivity contribution in [2.45, 2.75) is 0 Å². The van der Waals surface area contributed by atoms with Crippen LogP contribution in [0.4, 0.5) is 0 Å². The molecule has 3 nitrogen and oxygen atoms in total. The second-order valence-corrected chi connectivity index (χ2v) is 0.981. The molecule has 0 radical (unpaired) electrons. The quantitative estimate of drug-likeness (QED) is 0.459. The van der Waals surface area contributed by atoms with E-state index in [0.717, 1.165) is 0 Å². The Hall–Kier alpha value is 1.95. The Balaban J connectivity index is -0.0000000450. The van der Waals surface area contributed by atoms with Gasteiger partial charge in [0.25, 0.3) is 0 Å². The molecule has 0 amide bonds. The zero-order chi connectivity index (χ0) is 3.58. The summed E-state index contributed by atoms with van der Waals surface area (Å²) in [7, 11) is 0. The fourth-order valence-corrected chi connectivity index (χ4v) is 0. The van der Waals surface area contributed by atoms with Crippen molar-refractivity contribution in [3.05, 3.63) is 0 Å². The van der Waals surface area contributed by atoms with E-state index in [9.17, 15) is 0 Å². The second kappa shape index (κ2) is 10.0. The summed E-state index contributed by atoms with van der Waals surface area (Å²) < 4.78 is 24.4. The molecule has 0 atom stereocenters. The zero-order valence-electron chi connectivity index (χ0n) is 3.13. The van der Waals surface area contributed by atoms with Crippen molar-refractivity contribution in [1.82, 2.24) is 0 Å². The predicted octanol–water partition coefficient (Wildman–Crippen LogP) is -1.98. The first-order valence-corrected chi connectivity index (χ1v) is 2.33. The van der Waals surface area contributed by atoms with Gasteiger partial charge in [0, 0.05) is 27.3 Å². The van der Waals surface area contributed by atoms with Crippen LogP contribution in [0.5, 0.6) is 0 Å². The van der Waals surface area contributed by atoms with Crippen molar-refractivity contribution in [2.24, 2.45) is 0 Å². The number of hydrogen-bond acceptors (Lipinski definition) is 2. The molecule has 0 rings (SSSR count). The normalized spacial score (nSPS) is 4.17. The van der Waals surface area contributed by atoms with E-state index in [0.29, 0.717) is 0 Å². The van der Waals surface area contributed by atoms with Crippen LogP contribution in [0.15, 0.2) is 0 Å². The van der Waals surface area contributed by atoms with Crippen LogP contribution in [0, 0.1) is 0 Å². The average molecular weight is 424 g/mol. The molecule has 0 aromatic heterocycles. The molecule has 0 spiro atoms. The minimum atomic E-state index is -3.69. The Bertz CT molecular complexity index is 59.2. The second-order valence-electron chi connectivity index (χ2n) is 0.238. The molecule has 6 heteroatoms. The van der Waals surface area contributed by atoms with Gasteiger partial charge in [-0.2, -0.15) is 0 Å². The molecule has 0 aliphatic heterocycles. The summed E-state index contributed by atoms with van der Waals surface area (Å²) in [5.41, 5.74) is 0. The predicted molar refractivity (Wildman–Crippen MR) is 13.5 cm³/mol. The topological polar surface area (TPSA) is 54.4 Å². The van der Waals surface area contributed by atoms with Crippen LogP contribution in [-0.2, 0) is 50.0 Å². The Morgan fingerprint density at radius 2 is 1.33 bits per heavy atom. The van der Waals surface area contributed by atoms with Crippen LogP contribution >= 0.6 is 0 Å². The third-order valence-electron chi connectivity index (χ3n) is 0. The van der Waals surface area contributed by atoms with Crippen molar-refractivity contribution in [3.63, 3.8) is 0 Å². The van der Waals surface area contributed by atoms with Crippen molar-refractivity contribution in [3.8, 4) is 0 Å². The van der Waals surface area contributed by atoms with E-state index in [-0.39, 0.29) is 53.5 Å². The van der Waals surface area contributed by atoms with E-state index in [2.05, 4.69) is 0 Å². The molecule has 0 unspecified atom stereocenters. The first-order valence-electron chi connectivity index (χ1n) is 0.565. The molecule has 0 aliphatic carbocycles. The molecule has 6 heavy (non-hydrogen) atoms. The summed E-state index contributed by atoms with van der Waals surface area (Å²) >= 11 is -3.69. The minimum absolute atomic E-state index is 0. The summed E-state index contributed by atoms with van der Waals surface area (Å²) in [5.74, 6) is 0. The van der Waals surface area contributed by atoms with Gasteiger partial charge in [0.1, 0.15) is 0 Å². The SMILES string of the molecule is [BiH3].[Cd].[O]=[V](=[O])[OH]. The molecule has 34 valence electrons. The Morgan fingerprint density at radius 1 is 1.33 bits per heavy atom. The van der Waals surface area contributed by atoms with E-state index < -0.39 is 15.4 Å². The van der Waals surface area contributed by atoms with Crippen molar-refractivity contribution < 1.29 is 54.1 Å². The average Bonchev–Trinajstić information content (AvgIpc) is 0.811. The van der Waals surface area contributed by atoms with Gasteiger partial charge in [0.2, 0.25) is 0 Å². The van der Waals surface area contributed by atoms with Gasteiger partial charge < -0.3 is 0 Å². The Kier molecular flexibility index (Phi) is 26.2. The summed E-state index contributed by atoms with van der Waals surface area (Å²) in [6.07, 6.45) is 0. The van der Waals surface area contributed by atoms with Gasteiger partial charge in [-0.1, -0.05) is 0 Å².